The van der Waals surface area contributed by atoms with Crippen molar-refractivity contribution < 1.29 is 19.4 Å². The van der Waals surface area contributed by atoms with Gasteiger partial charge >= 0.3 is 11.9 Å². The topological polar surface area (TPSA) is 63.6 Å². The number of ether oxygens (including phenoxy) is 1. The highest BCUT2D eigenvalue weighted by Crippen LogP contribution is 2.14. The van der Waals surface area contributed by atoms with Gasteiger partial charge in [-0.1, -0.05) is 19.1 Å². The molecule has 0 spiro atoms. The van der Waals surface area contributed by atoms with Crippen molar-refractivity contribution >= 4 is 18.0 Å². The van der Waals surface area contributed by atoms with Crippen LogP contribution in [0.5, 0.6) is 5.75 Å². The molecule has 0 aromatic heterocycles. The van der Waals surface area contributed by atoms with Crippen molar-refractivity contribution in [2.45, 2.75) is 19.8 Å². The quantitative estimate of drug-likeness (QED) is 0.483. The van der Waals surface area contributed by atoms with Crippen molar-refractivity contribution in [3.8, 4) is 5.75 Å². The van der Waals surface area contributed by atoms with Crippen LogP contribution in [0.3, 0.4) is 0 Å². The molecule has 1 aromatic carbocycles. The van der Waals surface area contributed by atoms with Crippen LogP contribution in [0.1, 0.15) is 25.3 Å². The highest BCUT2D eigenvalue weighted by atomic mass is 16.5. The highest BCUT2D eigenvalue weighted by Gasteiger charge is 2.02. The van der Waals surface area contributed by atoms with Crippen LogP contribution < -0.4 is 4.74 Å². The van der Waals surface area contributed by atoms with Crippen LogP contribution in [0.2, 0.25) is 0 Å². The summed E-state index contributed by atoms with van der Waals surface area (Å²) >= 11 is 0. The van der Waals surface area contributed by atoms with Gasteiger partial charge in [0, 0.05) is 12.5 Å². The number of carboxylic acids is 1. The Morgan fingerprint density at radius 3 is 2.47 bits per heavy atom. The number of carboxylic acid groups (broad SMARTS) is 1. The third-order valence-electron chi connectivity index (χ3n) is 1.98. The second-order valence-electron chi connectivity index (χ2n) is 3.46. The van der Waals surface area contributed by atoms with E-state index >= 15 is 0 Å². The fourth-order valence-electron chi connectivity index (χ4n) is 1.20. The summed E-state index contributed by atoms with van der Waals surface area (Å²) in [5.41, 5.74) is 0.739. The Balaban J connectivity index is 2.62. The molecule has 4 heteroatoms. The van der Waals surface area contributed by atoms with Gasteiger partial charge in [0.2, 0.25) is 0 Å². The van der Waals surface area contributed by atoms with Gasteiger partial charge in [0.05, 0.1) is 0 Å². The molecule has 0 aliphatic heterocycles. The van der Waals surface area contributed by atoms with E-state index < -0.39 is 5.97 Å². The van der Waals surface area contributed by atoms with Gasteiger partial charge in [0.1, 0.15) is 5.75 Å². The maximum Gasteiger partial charge on any atom is 0.328 e. The molecule has 0 heterocycles. The normalized spacial score (nSPS) is 10.4. The first-order valence-corrected chi connectivity index (χ1v) is 5.33. The Labute approximate surface area is 99.5 Å². The molecule has 1 rings (SSSR count). The molecule has 90 valence electrons. The summed E-state index contributed by atoms with van der Waals surface area (Å²) in [6, 6.07) is 6.65. The second-order valence-corrected chi connectivity index (χ2v) is 3.46. The summed E-state index contributed by atoms with van der Waals surface area (Å²) in [7, 11) is 0. The molecule has 1 N–H and O–H groups in total. The number of carbonyl (C=O) groups excluding carboxylic acids is 1. The number of aliphatic carboxylic acids is 1. The van der Waals surface area contributed by atoms with E-state index in [9.17, 15) is 9.59 Å². The second kappa shape index (κ2) is 6.48. The third-order valence-corrected chi connectivity index (χ3v) is 1.98. The number of hydrogen-bond donors (Lipinski definition) is 1. The van der Waals surface area contributed by atoms with Gasteiger partial charge in [-0.3, -0.25) is 4.79 Å². The third kappa shape index (κ3) is 4.97. The van der Waals surface area contributed by atoms with E-state index in [-0.39, 0.29) is 5.97 Å². The van der Waals surface area contributed by atoms with E-state index in [1.807, 2.05) is 6.92 Å². The fraction of sp³-hybridized carbons (Fsp3) is 0.231. The first-order chi connectivity index (χ1) is 8.11. The van der Waals surface area contributed by atoms with E-state index in [0.29, 0.717) is 12.2 Å². The minimum atomic E-state index is -0.997. The van der Waals surface area contributed by atoms with Crippen molar-refractivity contribution in [2.75, 3.05) is 0 Å². The van der Waals surface area contributed by atoms with Gasteiger partial charge in [-0.25, -0.2) is 4.79 Å². The van der Waals surface area contributed by atoms with Crippen molar-refractivity contribution in [1.82, 2.24) is 0 Å². The van der Waals surface area contributed by atoms with Gasteiger partial charge in [-0.15, -0.1) is 0 Å². The molecule has 0 unspecified atom stereocenters. The van der Waals surface area contributed by atoms with Crippen LogP contribution in [0, 0.1) is 0 Å². The maximum absolute atomic E-state index is 11.2. The Hall–Kier alpha value is -2.10. The van der Waals surface area contributed by atoms with Crippen LogP contribution in [-0.4, -0.2) is 17.0 Å². The van der Waals surface area contributed by atoms with E-state index in [4.69, 9.17) is 9.84 Å². The van der Waals surface area contributed by atoms with E-state index in [1.165, 1.54) is 6.08 Å². The van der Waals surface area contributed by atoms with Crippen LogP contribution in [0.15, 0.2) is 30.3 Å². The number of carbonyl (C=O) groups is 2. The van der Waals surface area contributed by atoms with Crippen LogP contribution in [0.4, 0.5) is 0 Å². The van der Waals surface area contributed by atoms with Gasteiger partial charge in [-0.05, 0) is 30.2 Å². The molecule has 0 saturated carbocycles. The molecule has 0 fully saturated rings. The predicted molar refractivity (Wildman–Crippen MR) is 63.7 cm³/mol. The lowest BCUT2D eigenvalue weighted by Gasteiger charge is -2.03. The summed E-state index contributed by atoms with van der Waals surface area (Å²) in [4.78, 5) is 21.5. The molecule has 4 nitrogen and oxygen atoms in total. The molecule has 17 heavy (non-hydrogen) atoms. The lowest BCUT2D eigenvalue weighted by Crippen LogP contribution is -2.06. The largest absolute Gasteiger partial charge is 0.478 e. The van der Waals surface area contributed by atoms with Crippen molar-refractivity contribution in [1.29, 1.82) is 0 Å². The van der Waals surface area contributed by atoms with Gasteiger partial charge in [0.15, 0.2) is 0 Å². The average Bonchev–Trinajstić information content (AvgIpc) is 2.28. The number of esters is 1. The molecular weight excluding hydrogens is 220 g/mol. The standard InChI is InChI=1S/C13H14O4/c1-2-3-13(16)17-11-7-4-10(5-8-11)6-9-12(14)15/h4-9H,2-3H2,1H3,(H,14,15). The first kappa shape index (κ1) is 13.0. The zero-order valence-corrected chi connectivity index (χ0v) is 9.55. The minimum Gasteiger partial charge on any atom is -0.478 e. The van der Waals surface area contributed by atoms with Crippen molar-refractivity contribution in [2.24, 2.45) is 0 Å². The molecule has 0 aliphatic carbocycles. The summed E-state index contributed by atoms with van der Waals surface area (Å²) in [5.74, 6) is -0.791. The lowest BCUT2D eigenvalue weighted by atomic mass is 10.2. The SMILES string of the molecule is CCCC(=O)Oc1ccc(C=CC(=O)O)cc1. The molecule has 0 saturated heterocycles. The molecule has 0 aliphatic rings. The van der Waals surface area contributed by atoms with Crippen molar-refractivity contribution in [3.05, 3.63) is 35.9 Å². The van der Waals surface area contributed by atoms with Crippen LogP contribution in [-0.2, 0) is 9.59 Å². The summed E-state index contributed by atoms with van der Waals surface area (Å²) in [6.07, 6.45) is 3.66. The summed E-state index contributed by atoms with van der Waals surface area (Å²) < 4.78 is 5.06. The monoisotopic (exact) mass is 234 g/mol. The zero-order chi connectivity index (χ0) is 12.7. The molecule has 0 amide bonds. The minimum absolute atomic E-state index is 0.263. The molecule has 0 bridgehead atoms. The first-order valence-electron chi connectivity index (χ1n) is 5.33. The van der Waals surface area contributed by atoms with Crippen LogP contribution in [0.25, 0.3) is 6.08 Å². The smallest absolute Gasteiger partial charge is 0.328 e. The average molecular weight is 234 g/mol. The van der Waals surface area contributed by atoms with E-state index in [2.05, 4.69) is 0 Å². The van der Waals surface area contributed by atoms with Crippen molar-refractivity contribution in [3.63, 3.8) is 0 Å². The fourth-order valence-corrected chi connectivity index (χ4v) is 1.20. The highest BCUT2D eigenvalue weighted by molar-refractivity contribution is 5.85. The van der Waals surface area contributed by atoms with Gasteiger partial charge in [-0.2, -0.15) is 0 Å². The van der Waals surface area contributed by atoms with Crippen LogP contribution >= 0.6 is 0 Å². The summed E-state index contributed by atoms with van der Waals surface area (Å²) in [6.45, 7) is 1.90. The molecule has 0 radical (unpaired) electrons. The lowest BCUT2D eigenvalue weighted by molar-refractivity contribution is -0.134. The number of benzene rings is 1. The van der Waals surface area contributed by atoms with E-state index in [1.54, 1.807) is 24.3 Å². The maximum atomic E-state index is 11.2. The molecular formula is C13H14O4. The van der Waals surface area contributed by atoms with E-state index in [0.717, 1.165) is 18.1 Å². The molecule has 1 aromatic rings. The molecule has 0 atom stereocenters. The Kier molecular flexibility index (Phi) is 4.94. The van der Waals surface area contributed by atoms with Gasteiger partial charge in [0.25, 0.3) is 0 Å². The Bertz CT molecular complexity index is 418. The summed E-state index contributed by atoms with van der Waals surface area (Å²) in [5, 5.41) is 8.45. The number of rotatable bonds is 5. The Morgan fingerprint density at radius 2 is 1.94 bits per heavy atom. The number of hydrogen-bond acceptors (Lipinski definition) is 3. The predicted octanol–water partition coefficient (Wildman–Crippen LogP) is 2.49. The zero-order valence-electron chi connectivity index (χ0n) is 9.55. The Morgan fingerprint density at radius 1 is 1.29 bits per heavy atom. The van der Waals surface area contributed by atoms with Gasteiger partial charge < -0.3 is 9.84 Å².